The van der Waals surface area contributed by atoms with Crippen molar-refractivity contribution in [3.05, 3.63) is 77.5 Å². The standard InChI is InChI=1S/C30H41NS/c1-6-9-27(23(3)4)22-25-13-11-24(12-14-25)10-8-21-31-28(7-2)17-20-30(31)26-15-18-29(32-5)19-16-26/h11-20,23,27H,6-10,21-22H2,1-5H3. The Kier molecular flexibility index (Phi) is 9.53. The van der Waals surface area contributed by atoms with Crippen molar-refractivity contribution in [1.29, 1.82) is 0 Å². The maximum absolute atomic E-state index is 2.53. The molecule has 32 heavy (non-hydrogen) atoms. The van der Waals surface area contributed by atoms with E-state index in [4.69, 9.17) is 0 Å². The Bertz CT molecular complexity index is 934. The molecule has 172 valence electrons. The summed E-state index contributed by atoms with van der Waals surface area (Å²) in [6.45, 7) is 10.4. The highest BCUT2D eigenvalue weighted by molar-refractivity contribution is 7.98. The lowest BCUT2D eigenvalue weighted by Crippen LogP contribution is -2.11. The van der Waals surface area contributed by atoms with Gasteiger partial charge in [-0.25, -0.2) is 0 Å². The number of hydrogen-bond donors (Lipinski definition) is 0. The maximum Gasteiger partial charge on any atom is 0.0482 e. The van der Waals surface area contributed by atoms with Gasteiger partial charge in [0, 0.05) is 22.8 Å². The molecule has 2 aromatic carbocycles. The summed E-state index contributed by atoms with van der Waals surface area (Å²) >= 11 is 1.80. The molecule has 0 bridgehead atoms. The van der Waals surface area contributed by atoms with Crippen LogP contribution in [0.15, 0.2) is 65.6 Å². The van der Waals surface area contributed by atoms with Crippen molar-refractivity contribution in [3.63, 3.8) is 0 Å². The lowest BCUT2D eigenvalue weighted by atomic mass is 9.85. The molecule has 3 aromatic rings. The molecule has 0 saturated carbocycles. The summed E-state index contributed by atoms with van der Waals surface area (Å²) in [4.78, 5) is 1.32. The van der Waals surface area contributed by atoms with Gasteiger partial charge >= 0.3 is 0 Å². The van der Waals surface area contributed by atoms with E-state index in [0.717, 1.165) is 31.2 Å². The molecule has 1 heterocycles. The topological polar surface area (TPSA) is 4.93 Å². The van der Waals surface area contributed by atoms with Crippen LogP contribution in [0.25, 0.3) is 11.3 Å². The van der Waals surface area contributed by atoms with Crippen LogP contribution in [-0.4, -0.2) is 10.8 Å². The van der Waals surface area contributed by atoms with Crippen LogP contribution < -0.4 is 0 Å². The van der Waals surface area contributed by atoms with E-state index in [0.29, 0.717) is 0 Å². The quantitative estimate of drug-likeness (QED) is 0.251. The SMILES string of the molecule is CCCC(Cc1ccc(CCCn2c(CC)ccc2-c2ccc(SC)cc2)cc1)C(C)C. The summed E-state index contributed by atoms with van der Waals surface area (Å²) in [5, 5.41) is 0. The van der Waals surface area contributed by atoms with Gasteiger partial charge in [0.2, 0.25) is 0 Å². The fraction of sp³-hybridized carbons (Fsp3) is 0.467. The average Bonchev–Trinajstić information content (AvgIpc) is 3.22. The van der Waals surface area contributed by atoms with Crippen molar-refractivity contribution in [1.82, 2.24) is 4.57 Å². The number of aryl methyl sites for hydroxylation is 2. The summed E-state index contributed by atoms with van der Waals surface area (Å²) in [7, 11) is 0. The third-order valence-corrected chi connectivity index (χ3v) is 7.53. The minimum absolute atomic E-state index is 0.759. The first-order chi connectivity index (χ1) is 15.5. The van der Waals surface area contributed by atoms with Crippen LogP contribution in [0, 0.1) is 11.8 Å². The third kappa shape index (κ3) is 6.54. The zero-order valence-corrected chi connectivity index (χ0v) is 21.5. The Hall–Kier alpha value is -1.93. The van der Waals surface area contributed by atoms with Crippen LogP contribution in [-0.2, 0) is 25.8 Å². The zero-order chi connectivity index (χ0) is 22.9. The molecule has 0 fully saturated rings. The van der Waals surface area contributed by atoms with Crippen molar-refractivity contribution >= 4 is 11.8 Å². The molecule has 1 unspecified atom stereocenters. The molecule has 0 aliphatic heterocycles. The first-order valence-corrected chi connectivity index (χ1v) is 13.7. The fourth-order valence-corrected chi connectivity index (χ4v) is 5.13. The van der Waals surface area contributed by atoms with Crippen LogP contribution in [0.2, 0.25) is 0 Å². The lowest BCUT2D eigenvalue weighted by molar-refractivity contribution is 0.354. The predicted octanol–water partition coefficient (Wildman–Crippen LogP) is 8.69. The molecule has 2 heteroatoms. The molecule has 0 aliphatic carbocycles. The van der Waals surface area contributed by atoms with E-state index in [-0.39, 0.29) is 0 Å². The molecule has 0 amide bonds. The highest BCUT2D eigenvalue weighted by atomic mass is 32.2. The summed E-state index contributed by atoms with van der Waals surface area (Å²) < 4.78 is 2.53. The zero-order valence-electron chi connectivity index (χ0n) is 20.7. The van der Waals surface area contributed by atoms with Gasteiger partial charge in [-0.15, -0.1) is 11.8 Å². The predicted molar refractivity (Wildman–Crippen MR) is 143 cm³/mol. The van der Waals surface area contributed by atoms with Crippen LogP contribution in [0.4, 0.5) is 0 Å². The van der Waals surface area contributed by atoms with E-state index >= 15 is 0 Å². The maximum atomic E-state index is 2.53. The van der Waals surface area contributed by atoms with Crippen molar-refractivity contribution in [2.45, 2.75) is 77.7 Å². The third-order valence-electron chi connectivity index (χ3n) is 6.79. The van der Waals surface area contributed by atoms with E-state index < -0.39 is 0 Å². The molecular formula is C30H41NS. The van der Waals surface area contributed by atoms with Crippen LogP contribution in [0.3, 0.4) is 0 Å². The Labute approximate surface area is 200 Å². The second-order valence-electron chi connectivity index (χ2n) is 9.36. The molecule has 1 aromatic heterocycles. The van der Waals surface area contributed by atoms with Crippen molar-refractivity contribution < 1.29 is 0 Å². The summed E-state index contributed by atoms with van der Waals surface area (Å²) in [5.74, 6) is 1.56. The first-order valence-electron chi connectivity index (χ1n) is 12.5. The fourth-order valence-electron chi connectivity index (χ4n) is 4.72. The van der Waals surface area contributed by atoms with Gasteiger partial charge in [-0.2, -0.15) is 0 Å². The number of thioether (sulfide) groups is 1. The molecule has 3 rings (SSSR count). The number of benzene rings is 2. The summed E-state index contributed by atoms with van der Waals surface area (Å²) in [5.41, 5.74) is 7.05. The largest absolute Gasteiger partial charge is 0.345 e. The van der Waals surface area contributed by atoms with E-state index in [1.807, 2.05) is 0 Å². The van der Waals surface area contributed by atoms with E-state index in [1.165, 1.54) is 58.7 Å². The van der Waals surface area contributed by atoms with Gasteiger partial charge in [0.1, 0.15) is 0 Å². The summed E-state index contributed by atoms with van der Waals surface area (Å²) in [6, 6.07) is 23.0. The Balaban J connectivity index is 1.62. The molecule has 0 aliphatic rings. The van der Waals surface area contributed by atoms with Crippen LogP contribution in [0.5, 0.6) is 0 Å². The highest BCUT2D eigenvalue weighted by Crippen LogP contribution is 2.27. The molecule has 0 N–H and O–H groups in total. The van der Waals surface area contributed by atoms with Gasteiger partial charge in [0.15, 0.2) is 0 Å². The second kappa shape index (κ2) is 12.3. The smallest absolute Gasteiger partial charge is 0.0482 e. The molecule has 0 saturated heterocycles. The Morgan fingerprint density at radius 2 is 1.53 bits per heavy atom. The van der Waals surface area contributed by atoms with Crippen molar-refractivity contribution in [3.8, 4) is 11.3 Å². The minimum Gasteiger partial charge on any atom is -0.345 e. The molecule has 0 spiro atoms. The minimum atomic E-state index is 0.759. The Morgan fingerprint density at radius 3 is 2.12 bits per heavy atom. The van der Waals surface area contributed by atoms with Gasteiger partial charge in [-0.1, -0.05) is 76.9 Å². The molecular weight excluding hydrogens is 406 g/mol. The van der Waals surface area contributed by atoms with Gasteiger partial charge in [0.25, 0.3) is 0 Å². The highest BCUT2D eigenvalue weighted by Gasteiger charge is 2.13. The van der Waals surface area contributed by atoms with Crippen molar-refractivity contribution in [2.75, 3.05) is 6.26 Å². The summed E-state index contributed by atoms with van der Waals surface area (Å²) in [6.07, 6.45) is 9.34. The van der Waals surface area contributed by atoms with Gasteiger partial charge in [-0.3, -0.25) is 0 Å². The average molecular weight is 448 g/mol. The number of rotatable bonds is 12. The van der Waals surface area contributed by atoms with E-state index in [2.05, 4.69) is 99.2 Å². The van der Waals surface area contributed by atoms with Gasteiger partial charge in [0.05, 0.1) is 0 Å². The van der Waals surface area contributed by atoms with E-state index in [1.54, 1.807) is 11.8 Å². The molecule has 1 nitrogen and oxygen atoms in total. The number of aromatic nitrogens is 1. The number of nitrogens with zero attached hydrogens (tertiary/aromatic N) is 1. The Morgan fingerprint density at radius 1 is 0.844 bits per heavy atom. The van der Waals surface area contributed by atoms with Gasteiger partial charge < -0.3 is 4.57 Å². The normalized spacial score (nSPS) is 12.4. The van der Waals surface area contributed by atoms with Crippen molar-refractivity contribution in [2.24, 2.45) is 11.8 Å². The van der Waals surface area contributed by atoms with Crippen LogP contribution >= 0.6 is 11.8 Å². The van der Waals surface area contributed by atoms with Crippen LogP contribution in [0.1, 0.15) is 63.8 Å². The monoisotopic (exact) mass is 447 g/mol. The van der Waals surface area contributed by atoms with E-state index in [9.17, 15) is 0 Å². The second-order valence-corrected chi connectivity index (χ2v) is 10.2. The van der Waals surface area contributed by atoms with Gasteiger partial charge in [-0.05, 0) is 84.7 Å². The lowest BCUT2D eigenvalue weighted by Gasteiger charge is -2.20. The first kappa shape index (κ1) is 24.7. The number of hydrogen-bond acceptors (Lipinski definition) is 1. The molecule has 0 radical (unpaired) electrons. The molecule has 1 atom stereocenters.